The average Bonchev–Trinajstić information content (AvgIpc) is 3.33. The lowest BCUT2D eigenvalue weighted by Crippen LogP contribution is -2.44. The van der Waals surface area contributed by atoms with Gasteiger partial charge in [-0.1, -0.05) is 0 Å². The van der Waals surface area contributed by atoms with Gasteiger partial charge in [0.05, 0.1) is 24.9 Å². The summed E-state index contributed by atoms with van der Waals surface area (Å²) in [6.07, 6.45) is 4.31. The van der Waals surface area contributed by atoms with Crippen LogP contribution in [-0.2, 0) is 11.3 Å². The monoisotopic (exact) mass is 497 g/mol. The van der Waals surface area contributed by atoms with Crippen molar-refractivity contribution in [2.24, 2.45) is 0 Å². The van der Waals surface area contributed by atoms with Gasteiger partial charge in [0.15, 0.2) is 0 Å². The fourth-order valence-corrected chi connectivity index (χ4v) is 3.92. The summed E-state index contributed by atoms with van der Waals surface area (Å²) < 4.78 is 6.66. The Bertz CT molecular complexity index is 1170. The van der Waals surface area contributed by atoms with E-state index >= 15 is 0 Å². The number of benzene rings is 1. The van der Waals surface area contributed by atoms with Crippen molar-refractivity contribution < 1.29 is 14.3 Å². The highest BCUT2D eigenvalue weighted by Gasteiger charge is 2.24. The number of carbonyl (C=O) groups excluding carboxylic acids is 2. The van der Waals surface area contributed by atoms with Crippen molar-refractivity contribution >= 4 is 40.7 Å². The zero-order valence-corrected chi connectivity index (χ0v) is 20.5. The van der Waals surface area contributed by atoms with Crippen molar-refractivity contribution in [3.8, 4) is 0 Å². The number of anilines is 3. The molecule has 1 saturated heterocycles. The summed E-state index contributed by atoms with van der Waals surface area (Å²) in [7, 11) is 2.13. The molecule has 3 heterocycles. The van der Waals surface area contributed by atoms with E-state index < -0.39 is 11.8 Å². The number of ketones is 1. The molecule has 0 aliphatic carbocycles. The number of ether oxygens (including phenoxy) is 1. The second-order valence-electron chi connectivity index (χ2n) is 8.15. The molecular formula is C24H28ClN7O3. The van der Waals surface area contributed by atoms with Crippen LogP contribution in [0.25, 0.3) is 0 Å². The Balaban J connectivity index is 1.56. The normalized spacial score (nSPS) is 14.1. The minimum Gasteiger partial charge on any atom is -0.462 e. The predicted molar refractivity (Wildman–Crippen MR) is 134 cm³/mol. The van der Waals surface area contributed by atoms with Crippen LogP contribution < -0.4 is 10.2 Å². The molecule has 2 aromatic heterocycles. The molecule has 1 fully saturated rings. The number of nitrogens with one attached hydrogen (secondary N) is 1. The number of aryl methyl sites for hydroxylation is 1. The summed E-state index contributed by atoms with van der Waals surface area (Å²) in [5.41, 5.74) is 2.15. The van der Waals surface area contributed by atoms with E-state index in [0.717, 1.165) is 37.6 Å². The number of halogens is 1. The number of hydrogen-bond acceptors (Lipinski definition) is 9. The number of hydrogen-bond donors (Lipinski definition) is 1. The number of rotatable bonds is 9. The fourth-order valence-electron chi connectivity index (χ4n) is 3.75. The van der Waals surface area contributed by atoms with Gasteiger partial charge in [0.2, 0.25) is 11.7 Å². The van der Waals surface area contributed by atoms with Gasteiger partial charge in [0.25, 0.3) is 0 Å². The molecule has 1 N–H and O–H groups in total. The van der Waals surface area contributed by atoms with Crippen molar-refractivity contribution in [2.45, 2.75) is 13.5 Å². The number of nitrogens with zero attached hydrogens (tertiary/aromatic N) is 6. The maximum absolute atomic E-state index is 13.2. The first kappa shape index (κ1) is 24.6. The number of aromatic nitrogens is 4. The molecule has 1 aliphatic rings. The second kappa shape index (κ2) is 11.3. The highest BCUT2D eigenvalue weighted by molar-refractivity contribution is 6.17. The van der Waals surface area contributed by atoms with Crippen LogP contribution in [0.2, 0.25) is 0 Å². The van der Waals surface area contributed by atoms with Crippen molar-refractivity contribution in [3.63, 3.8) is 0 Å². The molecule has 184 valence electrons. The molecule has 0 spiro atoms. The minimum atomic E-state index is -0.660. The van der Waals surface area contributed by atoms with Crippen LogP contribution in [0, 0.1) is 0 Å². The zero-order chi connectivity index (χ0) is 24.8. The predicted octanol–water partition coefficient (Wildman–Crippen LogP) is 2.82. The van der Waals surface area contributed by atoms with E-state index in [9.17, 15) is 9.59 Å². The number of esters is 1. The maximum atomic E-state index is 13.2. The van der Waals surface area contributed by atoms with Gasteiger partial charge in [-0.15, -0.1) is 11.6 Å². The van der Waals surface area contributed by atoms with Crippen LogP contribution in [0.3, 0.4) is 0 Å². The van der Waals surface area contributed by atoms with E-state index in [1.165, 1.54) is 12.4 Å². The van der Waals surface area contributed by atoms with Crippen molar-refractivity contribution in [3.05, 3.63) is 59.7 Å². The highest BCUT2D eigenvalue weighted by Crippen LogP contribution is 2.22. The summed E-state index contributed by atoms with van der Waals surface area (Å²) in [6, 6.07) is 7.96. The third-order valence-corrected chi connectivity index (χ3v) is 5.87. The van der Waals surface area contributed by atoms with Crippen molar-refractivity contribution in [1.29, 1.82) is 0 Å². The molecule has 0 atom stereocenters. The van der Waals surface area contributed by atoms with Crippen LogP contribution in [0.5, 0.6) is 0 Å². The average molecular weight is 498 g/mol. The Morgan fingerprint density at radius 2 is 1.86 bits per heavy atom. The van der Waals surface area contributed by atoms with Crippen molar-refractivity contribution in [1.82, 2.24) is 24.6 Å². The quantitative estimate of drug-likeness (QED) is 0.271. The third-order valence-electron chi connectivity index (χ3n) is 5.70. The first-order chi connectivity index (χ1) is 17.0. The zero-order valence-electron chi connectivity index (χ0n) is 19.8. The van der Waals surface area contributed by atoms with Gasteiger partial charge < -0.3 is 19.9 Å². The third kappa shape index (κ3) is 5.95. The van der Waals surface area contributed by atoms with Crippen molar-refractivity contribution in [2.75, 3.05) is 55.9 Å². The smallest absolute Gasteiger partial charge is 0.342 e. The van der Waals surface area contributed by atoms with E-state index in [2.05, 4.69) is 37.2 Å². The number of carbonyl (C=O) groups is 2. The summed E-state index contributed by atoms with van der Waals surface area (Å²) in [5, 5.41) is 7.25. The molecule has 0 bridgehead atoms. The number of likely N-dealkylation sites (N-methyl/N-ethyl adjacent to an activating group) is 1. The summed E-state index contributed by atoms with van der Waals surface area (Å²) in [4.78, 5) is 39.0. The van der Waals surface area contributed by atoms with Crippen LogP contribution in [0.4, 0.5) is 17.3 Å². The molecule has 35 heavy (non-hydrogen) atoms. The van der Waals surface area contributed by atoms with Crippen LogP contribution in [0.1, 0.15) is 33.3 Å². The Labute approximate surface area is 208 Å². The topological polar surface area (TPSA) is 105 Å². The van der Waals surface area contributed by atoms with Crippen LogP contribution in [0.15, 0.2) is 42.9 Å². The van der Waals surface area contributed by atoms with E-state index in [-0.39, 0.29) is 23.8 Å². The standard InChI is InChI=1S/C24H28ClN7O3/c1-3-35-23(34)20-15-26-24(29-21(20)22(33)17-14-27-32(16-17)9-8-25)28-18-4-6-19(7-5-18)31-12-10-30(2)11-13-31/h4-7,14-16H,3,8-13H2,1-2H3,(H,26,28,29). The van der Waals surface area contributed by atoms with Gasteiger partial charge in [-0.2, -0.15) is 5.10 Å². The lowest BCUT2D eigenvalue weighted by atomic mass is 10.1. The minimum absolute atomic E-state index is 0.00194. The first-order valence-corrected chi connectivity index (χ1v) is 12.0. The molecule has 0 amide bonds. The Morgan fingerprint density at radius 1 is 1.11 bits per heavy atom. The largest absolute Gasteiger partial charge is 0.462 e. The molecule has 1 aromatic carbocycles. The Hall–Kier alpha value is -3.50. The van der Waals surface area contributed by atoms with Gasteiger partial charge in [0, 0.05) is 55.8 Å². The molecular weight excluding hydrogens is 470 g/mol. The van der Waals surface area contributed by atoms with E-state index in [1.807, 2.05) is 24.3 Å². The summed E-state index contributed by atoms with van der Waals surface area (Å²) >= 11 is 5.76. The second-order valence-corrected chi connectivity index (χ2v) is 8.53. The lowest BCUT2D eigenvalue weighted by Gasteiger charge is -2.34. The molecule has 4 rings (SSSR count). The molecule has 1 aliphatic heterocycles. The SMILES string of the molecule is CCOC(=O)c1cnc(Nc2ccc(N3CCN(C)CC3)cc2)nc1C(=O)c1cnn(CCCl)c1. The van der Waals surface area contributed by atoms with Gasteiger partial charge in [-0.3, -0.25) is 9.48 Å². The summed E-state index contributed by atoms with van der Waals surface area (Å²) in [6.45, 7) is 6.34. The molecule has 0 saturated carbocycles. The van der Waals surface area contributed by atoms with Crippen LogP contribution in [-0.4, -0.2) is 82.1 Å². The van der Waals surface area contributed by atoms with E-state index in [1.54, 1.807) is 17.8 Å². The van der Waals surface area contributed by atoms with E-state index in [4.69, 9.17) is 16.3 Å². The molecule has 0 unspecified atom stereocenters. The van der Waals surface area contributed by atoms with E-state index in [0.29, 0.717) is 18.0 Å². The summed E-state index contributed by atoms with van der Waals surface area (Å²) in [5.74, 6) is -0.558. The van der Waals surface area contributed by atoms with Gasteiger partial charge in [-0.25, -0.2) is 14.8 Å². The Kier molecular flexibility index (Phi) is 7.94. The molecule has 0 radical (unpaired) electrons. The Morgan fingerprint density at radius 3 is 2.54 bits per heavy atom. The van der Waals surface area contributed by atoms with Crippen LogP contribution >= 0.6 is 11.6 Å². The molecule has 11 heteroatoms. The molecule has 3 aromatic rings. The number of alkyl halides is 1. The van der Waals surface area contributed by atoms with Gasteiger partial charge in [-0.05, 0) is 38.2 Å². The lowest BCUT2D eigenvalue weighted by molar-refractivity contribution is 0.0522. The number of piperazine rings is 1. The van der Waals surface area contributed by atoms with Gasteiger partial charge in [0.1, 0.15) is 11.3 Å². The highest BCUT2D eigenvalue weighted by atomic mass is 35.5. The first-order valence-electron chi connectivity index (χ1n) is 11.5. The van der Waals surface area contributed by atoms with Gasteiger partial charge >= 0.3 is 5.97 Å². The fraction of sp³-hybridized carbons (Fsp3) is 0.375. The molecule has 10 nitrogen and oxygen atoms in total. The maximum Gasteiger partial charge on any atom is 0.342 e.